The maximum Gasteiger partial charge on any atom is 0.246 e. The van der Waals surface area contributed by atoms with Crippen LogP contribution in [0, 0.1) is 0 Å². The summed E-state index contributed by atoms with van der Waals surface area (Å²) >= 11 is 9.58. The van der Waals surface area contributed by atoms with Crippen LogP contribution in [0.3, 0.4) is 0 Å². The molecule has 2 amide bonds. The van der Waals surface area contributed by atoms with E-state index in [0.717, 1.165) is 16.5 Å². The highest BCUT2D eigenvalue weighted by Gasteiger charge is 2.24. The van der Waals surface area contributed by atoms with Gasteiger partial charge in [0.25, 0.3) is 0 Å². The van der Waals surface area contributed by atoms with Crippen LogP contribution in [0.2, 0.25) is 5.02 Å². The maximum atomic E-state index is 12.3. The highest BCUT2D eigenvalue weighted by Crippen LogP contribution is 2.32. The fourth-order valence-electron chi connectivity index (χ4n) is 2.31. The first-order valence-electron chi connectivity index (χ1n) is 6.55. The van der Waals surface area contributed by atoms with Crippen LogP contribution in [0.5, 0.6) is 0 Å². The van der Waals surface area contributed by atoms with Crippen molar-refractivity contribution in [1.29, 1.82) is 0 Å². The summed E-state index contributed by atoms with van der Waals surface area (Å²) in [5.41, 5.74) is 2.24. The van der Waals surface area contributed by atoms with Gasteiger partial charge in [-0.25, -0.2) is 0 Å². The number of nitrogens with zero attached hydrogens (tertiary/aromatic N) is 2. The predicted octanol–water partition coefficient (Wildman–Crippen LogP) is 2.63. The number of likely N-dealkylation sites (N-methyl/N-ethyl adjacent to an activating group) is 1. The fourth-order valence-corrected chi connectivity index (χ4v) is 3.00. The molecule has 0 aliphatic carbocycles. The molecule has 1 aliphatic heterocycles. The summed E-state index contributed by atoms with van der Waals surface area (Å²) in [7, 11) is 1.59. The molecule has 1 aromatic rings. The molecule has 1 aliphatic rings. The SMILES string of the molecule is C=CC(=O)N(C)CC(=O)N1CCc2ccc(Cl)c(Br)c2C1. The molecule has 0 radical (unpaired) electrons. The number of carbonyl (C=O) groups is 2. The Balaban J connectivity index is 2.10. The molecule has 112 valence electrons. The van der Waals surface area contributed by atoms with Crippen LogP contribution in [0.4, 0.5) is 0 Å². The van der Waals surface area contributed by atoms with E-state index in [2.05, 4.69) is 22.5 Å². The summed E-state index contributed by atoms with van der Waals surface area (Å²) in [6, 6.07) is 3.86. The average molecular weight is 372 g/mol. The monoisotopic (exact) mass is 370 g/mol. The van der Waals surface area contributed by atoms with Gasteiger partial charge in [-0.1, -0.05) is 24.2 Å². The van der Waals surface area contributed by atoms with Gasteiger partial charge in [0, 0.05) is 24.6 Å². The molecule has 0 aromatic heterocycles. The zero-order chi connectivity index (χ0) is 15.6. The molecule has 0 fully saturated rings. The van der Waals surface area contributed by atoms with E-state index in [-0.39, 0.29) is 18.4 Å². The fraction of sp³-hybridized carbons (Fsp3) is 0.333. The van der Waals surface area contributed by atoms with Crippen LogP contribution in [0.25, 0.3) is 0 Å². The number of benzene rings is 1. The van der Waals surface area contributed by atoms with E-state index >= 15 is 0 Å². The molecule has 1 aromatic carbocycles. The van der Waals surface area contributed by atoms with Gasteiger partial charge < -0.3 is 9.80 Å². The molecule has 0 saturated carbocycles. The summed E-state index contributed by atoms with van der Waals surface area (Å²) in [5.74, 6) is -0.338. The Kier molecular flexibility index (Phi) is 5.06. The number of fused-ring (bicyclic) bond motifs is 1. The number of hydrogen-bond donors (Lipinski definition) is 0. The first kappa shape index (κ1) is 16.0. The van der Waals surface area contributed by atoms with Gasteiger partial charge in [0.05, 0.1) is 11.6 Å². The third kappa shape index (κ3) is 3.47. The Labute approximate surface area is 137 Å². The predicted molar refractivity (Wildman–Crippen MR) is 86.1 cm³/mol. The lowest BCUT2D eigenvalue weighted by molar-refractivity contribution is -0.137. The molecule has 0 atom stereocenters. The van der Waals surface area contributed by atoms with Gasteiger partial charge in [-0.2, -0.15) is 0 Å². The van der Waals surface area contributed by atoms with Crippen LogP contribution >= 0.6 is 27.5 Å². The second-order valence-electron chi connectivity index (χ2n) is 4.96. The minimum atomic E-state index is -0.259. The van der Waals surface area contributed by atoms with Gasteiger partial charge in [0.1, 0.15) is 0 Å². The van der Waals surface area contributed by atoms with Crippen LogP contribution in [0.1, 0.15) is 11.1 Å². The van der Waals surface area contributed by atoms with Crippen LogP contribution < -0.4 is 0 Å². The first-order chi connectivity index (χ1) is 9.93. The maximum absolute atomic E-state index is 12.3. The van der Waals surface area contributed by atoms with E-state index in [0.29, 0.717) is 18.1 Å². The number of hydrogen-bond acceptors (Lipinski definition) is 2. The van der Waals surface area contributed by atoms with Gasteiger partial charge in [0.15, 0.2) is 0 Å². The normalized spacial score (nSPS) is 13.6. The molecule has 21 heavy (non-hydrogen) atoms. The summed E-state index contributed by atoms with van der Waals surface area (Å²) < 4.78 is 0.842. The molecular formula is C15H16BrClN2O2. The molecule has 4 nitrogen and oxygen atoms in total. The minimum absolute atomic E-state index is 0.0539. The van der Waals surface area contributed by atoms with Gasteiger partial charge in [0.2, 0.25) is 11.8 Å². The van der Waals surface area contributed by atoms with Gasteiger partial charge >= 0.3 is 0 Å². The van der Waals surface area contributed by atoms with Crippen LogP contribution in [0.15, 0.2) is 29.3 Å². The third-order valence-corrected chi connectivity index (χ3v) is 5.02. The summed E-state index contributed by atoms with van der Waals surface area (Å²) in [6.07, 6.45) is 1.99. The Morgan fingerprint density at radius 3 is 2.90 bits per heavy atom. The van der Waals surface area contributed by atoms with Crippen molar-refractivity contribution in [2.45, 2.75) is 13.0 Å². The highest BCUT2D eigenvalue weighted by atomic mass is 79.9. The average Bonchev–Trinajstić information content (AvgIpc) is 2.49. The molecule has 0 N–H and O–H groups in total. The second kappa shape index (κ2) is 6.62. The number of carbonyl (C=O) groups excluding carboxylic acids is 2. The first-order valence-corrected chi connectivity index (χ1v) is 7.72. The van der Waals surface area contributed by atoms with Crippen molar-refractivity contribution in [3.63, 3.8) is 0 Å². The third-order valence-electron chi connectivity index (χ3n) is 3.57. The standard InChI is InChI=1S/C15H16BrClN2O2/c1-3-13(20)18(2)9-14(21)19-7-6-10-4-5-12(17)15(16)11(10)8-19/h3-5H,1,6-9H2,2H3. The highest BCUT2D eigenvalue weighted by molar-refractivity contribution is 9.10. The molecule has 2 rings (SSSR count). The largest absolute Gasteiger partial charge is 0.336 e. The molecule has 1 heterocycles. The van der Waals surface area contributed by atoms with E-state index in [9.17, 15) is 9.59 Å². The lowest BCUT2D eigenvalue weighted by atomic mass is 10.00. The van der Waals surface area contributed by atoms with Crippen molar-refractivity contribution in [2.24, 2.45) is 0 Å². The number of amides is 2. The van der Waals surface area contributed by atoms with Crippen LogP contribution in [-0.4, -0.2) is 41.8 Å². The zero-order valence-corrected chi connectivity index (χ0v) is 14.1. The van der Waals surface area contributed by atoms with E-state index in [1.807, 2.05) is 12.1 Å². The number of halogens is 2. The molecular weight excluding hydrogens is 356 g/mol. The van der Waals surface area contributed by atoms with Crippen molar-refractivity contribution in [3.05, 3.63) is 45.4 Å². The van der Waals surface area contributed by atoms with Crippen LogP contribution in [-0.2, 0) is 22.6 Å². The van der Waals surface area contributed by atoms with Crippen molar-refractivity contribution in [2.75, 3.05) is 20.1 Å². The lowest BCUT2D eigenvalue weighted by Gasteiger charge is -2.31. The van der Waals surface area contributed by atoms with E-state index in [1.165, 1.54) is 16.5 Å². The van der Waals surface area contributed by atoms with Crippen molar-refractivity contribution >= 4 is 39.3 Å². The zero-order valence-electron chi connectivity index (χ0n) is 11.7. The molecule has 0 bridgehead atoms. The van der Waals surface area contributed by atoms with Crippen molar-refractivity contribution < 1.29 is 9.59 Å². The number of rotatable bonds is 3. The summed E-state index contributed by atoms with van der Waals surface area (Å²) in [4.78, 5) is 26.8. The summed E-state index contributed by atoms with van der Waals surface area (Å²) in [6.45, 7) is 4.62. The topological polar surface area (TPSA) is 40.6 Å². The van der Waals surface area contributed by atoms with E-state index in [4.69, 9.17) is 11.6 Å². The lowest BCUT2D eigenvalue weighted by Crippen LogP contribution is -2.43. The molecule has 0 saturated heterocycles. The van der Waals surface area contributed by atoms with Gasteiger partial charge in [-0.15, -0.1) is 0 Å². The van der Waals surface area contributed by atoms with E-state index < -0.39 is 0 Å². The van der Waals surface area contributed by atoms with E-state index in [1.54, 1.807) is 11.9 Å². The second-order valence-corrected chi connectivity index (χ2v) is 6.16. The Morgan fingerprint density at radius 2 is 2.24 bits per heavy atom. The van der Waals surface area contributed by atoms with Gasteiger partial charge in [-0.05, 0) is 45.6 Å². The molecule has 0 unspecified atom stereocenters. The smallest absolute Gasteiger partial charge is 0.246 e. The molecule has 6 heteroatoms. The summed E-state index contributed by atoms with van der Waals surface area (Å²) in [5, 5.41) is 0.641. The minimum Gasteiger partial charge on any atom is -0.336 e. The quantitative estimate of drug-likeness (QED) is 0.766. The Morgan fingerprint density at radius 1 is 1.52 bits per heavy atom. The Hall–Kier alpha value is -1.33. The van der Waals surface area contributed by atoms with Gasteiger partial charge in [-0.3, -0.25) is 9.59 Å². The van der Waals surface area contributed by atoms with Crippen molar-refractivity contribution in [1.82, 2.24) is 9.80 Å². The Bertz CT molecular complexity index is 604. The van der Waals surface area contributed by atoms with Crippen molar-refractivity contribution in [3.8, 4) is 0 Å². The molecule has 0 spiro atoms.